The quantitative estimate of drug-likeness (QED) is 0.577. The Morgan fingerprint density at radius 2 is 1.92 bits per heavy atom. The number of thiol groups is 1. The van der Waals surface area contributed by atoms with Crippen LogP contribution in [0.3, 0.4) is 0 Å². The van der Waals surface area contributed by atoms with E-state index in [4.69, 9.17) is 10.8 Å². The zero-order valence-electron chi connectivity index (χ0n) is 7.94. The molecule has 0 aliphatic rings. The molecule has 13 heavy (non-hydrogen) atoms. The second kappa shape index (κ2) is 4.11. The number of carboxylic acids is 1. The second-order valence-corrected chi connectivity index (χ2v) is 4.34. The zero-order chi connectivity index (χ0) is 10.8. The van der Waals surface area contributed by atoms with Crippen LogP contribution in [0, 0.1) is 5.92 Å². The van der Waals surface area contributed by atoms with Crippen LogP contribution in [0.25, 0.3) is 0 Å². The molecule has 0 saturated carbocycles. The Morgan fingerprint density at radius 1 is 1.54 bits per heavy atom. The Bertz CT molecular complexity index is 205. The minimum absolute atomic E-state index is 0.116. The number of hydrogen-bond donors (Lipinski definition) is 3. The van der Waals surface area contributed by atoms with E-state index in [1.165, 1.54) is 6.92 Å². The highest BCUT2D eigenvalue weighted by atomic mass is 32.1. The van der Waals surface area contributed by atoms with Crippen LogP contribution in [0.15, 0.2) is 0 Å². The van der Waals surface area contributed by atoms with Gasteiger partial charge in [-0.15, -0.1) is 0 Å². The first kappa shape index (κ1) is 12.4. The van der Waals surface area contributed by atoms with Crippen molar-refractivity contribution in [3.63, 3.8) is 0 Å². The van der Waals surface area contributed by atoms with Crippen LogP contribution in [0.5, 0.6) is 0 Å². The van der Waals surface area contributed by atoms with E-state index in [-0.39, 0.29) is 5.78 Å². The van der Waals surface area contributed by atoms with Gasteiger partial charge in [-0.2, -0.15) is 12.6 Å². The summed E-state index contributed by atoms with van der Waals surface area (Å²) in [5.41, 5.74) is 5.40. The van der Waals surface area contributed by atoms with Gasteiger partial charge < -0.3 is 10.8 Å². The van der Waals surface area contributed by atoms with Crippen molar-refractivity contribution < 1.29 is 14.7 Å². The zero-order valence-corrected chi connectivity index (χ0v) is 8.84. The molecule has 0 heterocycles. The van der Waals surface area contributed by atoms with Gasteiger partial charge in [-0.1, -0.05) is 6.92 Å². The van der Waals surface area contributed by atoms with Gasteiger partial charge in [-0.3, -0.25) is 9.59 Å². The molecular formula is C8H15NO3S. The van der Waals surface area contributed by atoms with E-state index in [2.05, 4.69) is 12.6 Å². The van der Waals surface area contributed by atoms with Gasteiger partial charge in [0.05, 0.1) is 0 Å². The van der Waals surface area contributed by atoms with E-state index in [0.29, 0.717) is 0 Å². The molecule has 0 bridgehead atoms. The van der Waals surface area contributed by atoms with Crippen LogP contribution < -0.4 is 5.73 Å². The number of hydrogen-bond acceptors (Lipinski definition) is 4. The molecule has 0 aromatic carbocycles. The summed E-state index contributed by atoms with van der Waals surface area (Å²) in [6, 6.07) is -1.14. The maximum atomic E-state index is 11.0. The Labute approximate surface area is 82.9 Å². The molecular weight excluding hydrogens is 190 g/mol. The minimum Gasteiger partial charge on any atom is -0.480 e. The van der Waals surface area contributed by atoms with Crippen molar-refractivity contribution in [3.8, 4) is 0 Å². The van der Waals surface area contributed by atoms with Gasteiger partial charge in [0.2, 0.25) is 0 Å². The van der Waals surface area contributed by atoms with Crippen molar-refractivity contribution in [2.45, 2.75) is 31.6 Å². The summed E-state index contributed by atoms with van der Waals surface area (Å²) in [6.07, 6.45) is 0. The average molecular weight is 205 g/mol. The number of ketones is 1. The van der Waals surface area contributed by atoms with Crippen LogP contribution in [0.2, 0.25) is 0 Å². The lowest BCUT2D eigenvalue weighted by molar-refractivity contribution is -0.139. The second-order valence-electron chi connectivity index (χ2n) is 3.37. The lowest BCUT2D eigenvalue weighted by Gasteiger charge is -2.32. The van der Waals surface area contributed by atoms with E-state index in [0.717, 1.165) is 0 Å². The Kier molecular flexibility index (Phi) is 3.93. The maximum Gasteiger partial charge on any atom is 0.321 e. The van der Waals surface area contributed by atoms with E-state index in [9.17, 15) is 9.59 Å². The molecule has 0 fully saturated rings. The normalized spacial score (nSPS) is 20.1. The van der Waals surface area contributed by atoms with Crippen LogP contribution in [0.1, 0.15) is 20.8 Å². The Morgan fingerprint density at radius 3 is 2.15 bits per heavy atom. The topological polar surface area (TPSA) is 80.4 Å². The van der Waals surface area contributed by atoms with Crippen LogP contribution in [0.4, 0.5) is 0 Å². The molecule has 0 rings (SSSR count). The summed E-state index contributed by atoms with van der Waals surface area (Å²) in [4.78, 5) is 21.6. The van der Waals surface area contributed by atoms with E-state index >= 15 is 0 Å². The van der Waals surface area contributed by atoms with Crippen molar-refractivity contribution in [1.82, 2.24) is 0 Å². The van der Waals surface area contributed by atoms with Gasteiger partial charge in [0.1, 0.15) is 11.8 Å². The third-order valence-corrected chi connectivity index (χ3v) is 3.05. The van der Waals surface area contributed by atoms with Crippen molar-refractivity contribution >= 4 is 24.4 Å². The standard InChI is InChI=1S/C8H15NO3S/c1-4(5(2)10)8(3,13)6(9)7(11)12/h4,6,13H,9H2,1-3H3,(H,11,12)/t4?,6-,8-/m1/s1. The number of carboxylic acid groups (broad SMARTS) is 1. The molecule has 0 amide bonds. The summed E-state index contributed by atoms with van der Waals surface area (Å²) in [7, 11) is 0. The van der Waals surface area contributed by atoms with E-state index in [1.807, 2.05) is 0 Å². The Hall–Kier alpha value is -0.550. The highest BCUT2D eigenvalue weighted by Crippen LogP contribution is 2.28. The molecule has 0 aromatic heterocycles. The number of aliphatic carboxylic acids is 1. The minimum atomic E-state index is -1.15. The predicted octanol–water partition coefficient (Wildman–Crippen LogP) is 0.312. The number of carbonyl (C=O) groups excluding carboxylic acids is 1. The summed E-state index contributed by atoms with van der Waals surface area (Å²) >= 11 is 4.13. The predicted molar refractivity (Wildman–Crippen MR) is 52.8 cm³/mol. The average Bonchev–Trinajstić information content (AvgIpc) is 2.01. The first-order valence-corrected chi connectivity index (χ1v) is 4.37. The van der Waals surface area contributed by atoms with Gasteiger partial charge in [0, 0.05) is 10.7 Å². The van der Waals surface area contributed by atoms with Crippen LogP contribution in [-0.4, -0.2) is 27.6 Å². The smallest absolute Gasteiger partial charge is 0.321 e. The molecule has 0 spiro atoms. The van der Waals surface area contributed by atoms with Gasteiger partial charge >= 0.3 is 5.97 Å². The first-order chi connectivity index (χ1) is 5.71. The third kappa shape index (κ3) is 2.70. The first-order valence-electron chi connectivity index (χ1n) is 3.92. The summed E-state index contributed by atoms with van der Waals surface area (Å²) in [5.74, 6) is -1.75. The highest BCUT2D eigenvalue weighted by Gasteiger charge is 2.40. The lowest BCUT2D eigenvalue weighted by atomic mass is 9.85. The molecule has 0 aliphatic carbocycles. The van der Waals surface area contributed by atoms with Crippen molar-refractivity contribution in [2.75, 3.05) is 0 Å². The van der Waals surface area contributed by atoms with E-state index in [1.54, 1.807) is 13.8 Å². The molecule has 0 radical (unpaired) electrons. The van der Waals surface area contributed by atoms with Crippen LogP contribution in [-0.2, 0) is 9.59 Å². The van der Waals surface area contributed by atoms with Crippen molar-refractivity contribution in [1.29, 1.82) is 0 Å². The van der Waals surface area contributed by atoms with Crippen molar-refractivity contribution in [2.24, 2.45) is 11.7 Å². The molecule has 4 nitrogen and oxygen atoms in total. The summed E-state index contributed by atoms with van der Waals surface area (Å²) in [6.45, 7) is 4.58. The van der Waals surface area contributed by atoms with Crippen molar-refractivity contribution in [3.05, 3.63) is 0 Å². The summed E-state index contributed by atoms with van der Waals surface area (Å²) in [5, 5.41) is 8.66. The maximum absolute atomic E-state index is 11.0. The fourth-order valence-electron chi connectivity index (χ4n) is 0.931. The lowest BCUT2D eigenvalue weighted by Crippen LogP contribution is -2.52. The van der Waals surface area contributed by atoms with Gasteiger partial charge in [0.15, 0.2) is 0 Å². The highest BCUT2D eigenvalue weighted by molar-refractivity contribution is 7.82. The molecule has 0 aromatic rings. The SMILES string of the molecule is CC(=O)C(C)[C@@](C)(S)[C@H](N)C(=O)O. The monoisotopic (exact) mass is 205 g/mol. The third-order valence-electron chi connectivity index (χ3n) is 2.38. The fourth-order valence-corrected chi connectivity index (χ4v) is 1.22. The van der Waals surface area contributed by atoms with E-state index < -0.39 is 22.7 Å². The Balaban J connectivity index is 4.74. The molecule has 3 atom stereocenters. The molecule has 3 N–H and O–H groups in total. The molecule has 5 heteroatoms. The van der Waals surface area contributed by atoms with Crippen LogP contribution >= 0.6 is 12.6 Å². The number of nitrogens with two attached hydrogens (primary N) is 1. The van der Waals surface area contributed by atoms with Gasteiger partial charge in [0.25, 0.3) is 0 Å². The molecule has 0 saturated heterocycles. The largest absolute Gasteiger partial charge is 0.480 e. The fraction of sp³-hybridized carbons (Fsp3) is 0.750. The molecule has 1 unspecified atom stereocenters. The number of rotatable bonds is 4. The van der Waals surface area contributed by atoms with Gasteiger partial charge in [-0.25, -0.2) is 0 Å². The summed E-state index contributed by atoms with van der Waals surface area (Å²) < 4.78 is -1.02. The number of carbonyl (C=O) groups is 2. The molecule has 76 valence electrons. The van der Waals surface area contributed by atoms with Gasteiger partial charge in [-0.05, 0) is 13.8 Å². The molecule has 0 aliphatic heterocycles. The number of Topliss-reactive ketones (excluding diaryl/α,β-unsaturated/α-hetero) is 1.